The third-order valence-electron chi connectivity index (χ3n) is 4.17. The largest absolute Gasteiger partial charge is 0.391 e. The standard InChI is InChI=1S/C18H18F2N2O2/c1-11-2-5-13(6-3-11)21-18(24)22-10-14(23)9-17(22)12-4-7-15(19)16(20)8-12/h2-8,14,17,23H,9-10H2,1H3,(H,21,24)/t14-,17+/m1/s1. The van der Waals surface area contributed by atoms with Crippen molar-refractivity contribution < 1.29 is 18.7 Å². The molecule has 1 aliphatic heterocycles. The second-order valence-electron chi connectivity index (χ2n) is 6.03. The Labute approximate surface area is 138 Å². The van der Waals surface area contributed by atoms with Crippen LogP contribution in [0.25, 0.3) is 0 Å². The van der Waals surface area contributed by atoms with Crippen molar-refractivity contribution in [3.05, 3.63) is 65.2 Å². The van der Waals surface area contributed by atoms with E-state index in [-0.39, 0.29) is 19.0 Å². The summed E-state index contributed by atoms with van der Waals surface area (Å²) in [5.41, 5.74) is 2.17. The van der Waals surface area contributed by atoms with Crippen LogP contribution in [0.5, 0.6) is 0 Å². The predicted octanol–water partition coefficient (Wildman–Crippen LogP) is 3.61. The summed E-state index contributed by atoms with van der Waals surface area (Å²) >= 11 is 0. The van der Waals surface area contributed by atoms with Gasteiger partial charge >= 0.3 is 6.03 Å². The fraction of sp³-hybridized carbons (Fsp3) is 0.278. The molecular weight excluding hydrogens is 314 g/mol. The van der Waals surface area contributed by atoms with Gasteiger partial charge in [0.25, 0.3) is 0 Å². The Kier molecular flexibility index (Phi) is 4.49. The van der Waals surface area contributed by atoms with E-state index in [0.717, 1.165) is 17.7 Å². The zero-order valence-corrected chi connectivity index (χ0v) is 13.2. The first kappa shape index (κ1) is 16.4. The smallest absolute Gasteiger partial charge is 0.322 e. The van der Waals surface area contributed by atoms with E-state index >= 15 is 0 Å². The number of benzene rings is 2. The van der Waals surface area contributed by atoms with Gasteiger partial charge in [0, 0.05) is 12.2 Å². The summed E-state index contributed by atoms with van der Waals surface area (Å²) in [5.74, 6) is -1.90. The Balaban J connectivity index is 1.80. The Morgan fingerprint density at radius 3 is 2.54 bits per heavy atom. The zero-order valence-electron chi connectivity index (χ0n) is 13.2. The van der Waals surface area contributed by atoms with Crippen LogP contribution >= 0.6 is 0 Å². The zero-order chi connectivity index (χ0) is 17.3. The van der Waals surface area contributed by atoms with E-state index < -0.39 is 23.8 Å². The number of nitrogens with zero attached hydrogens (tertiary/aromatic N) is 1. The highest BCUT2D eigenvalue weighted by molar-refractivity contribution is 5.89. The van der Waals surface area contributed by atoms with E-state index in [0.29, 0.717) is 11.3 Å². The number of aliphatic hydroxyl groups is 1. The quantitative estimate of drug-likeness (QED) is 0.883. The van der Waals surface area contributed by atoms with Gasteiger partial charge in [-0.05, 0) is 43.2 Å². The van der Waals surface area contributed by atoms with Gasteiger partial charge in [0.05, 0.1) is 12.1 Å². The molecular formula is C18H18F2N2O2. The van der Waals surface area contributed by atoms with Crippen LogP contribution in [-0.4, -0.2) is 28.7 Å². The Bertz CT molecular complexity index is 749. The number of hydrogen-bond acceptors (Lipinski definition) is 2. The van der Waals surface area contributed by atoms with Crippen molar-refractivity contribution in [1.82, 2.24) is 4.90 Å². The predicted molar refractivity (Wildman–Crippen MR) is 86.6 cm³/mol. The third-order valence-corrected chi connectivity index (χ3v) is 4.17. The molecule has 0 spiro atoms. The molecule has 0 aromatic heterocycles. The molecule has 0 aliphatic carbocycles. The molecule has 24 heavy (non-hydrogen) atoms. The molecule has 2 atom stereocenters. The average molecular weight is 332 g/mol. The number of likely N-dealkylation sites (tertiary alicyclic amines) is 1. The molecule has 1 aliphatic rings. The third kappa shape index (κ3) is 3.38. The normalized spacial score (nSPS) is 20.2. The molecule has 0 unspecified atom stereocenters. The molecule has 3 rings (SSSR count). The topological polar surface area (TPSA) is 52.6 Å². The number of aryl methyl sites for hydroxylation is 1. The van der Waals surface area contributed by atoms with Crippen molar-refractivity contribution in [3.63, 3.8) is 0 Å². The van der Waals surface area contributed by atoms with E-state index in [2.05, 4.69) is 5.32 Å². The summed E-state index contributed by atoms with van der Waals surface area (Å²) in [5, 5.41) is 12.7. The molecule has 2 amide bonds. The van der Waals surface area contributed by atoms with Crippen LogP contribution in [-0.2, 0) is 0 Å². The van der Waals surface area contributed by atoms with Crippen molar-refractivity contribution in [2.75, 3.05) is 11.9 Å². The minimum Gasteiger partial charge on any atom is -0.391 e. The monoisotopic (exact) mass is 332 g/mol. The second kappa shape index (κ2) is 6.57. The number of carbonyl (C=O) groups is 1. The van der Waals surface area contributed by atoms with Gasteiger partial charge in [-0.25, -0.2) is 13.6 Å². The second-order valence-corrected chi connectivity index (χ2v) is 6.03. The van der Waals surface area contributed by atoms with Gasteiger partial charge in [-0.1, -0.05) is 23.8 Å². The Morgan fingerprint density at radius 1 is 1.17 bits per heavy atom. The van der Waals surface area contributed by atoms with Crippen LogP contribution in [0.3, 0.4) is 0 Å². The van der Waals surface area contributed by atoms with Gasteiger partial charge < -0.3 is 15.3 Å². The first-order chi connectivity index (χ1) is 11.4. The maximum absolute atomic E-state index is 13.5. The molecule has 2 aromatic rings. The fourth-order valence-electron chi connectivity index (χ4n) is 2.91. The molecule has 0 saturated carbocycles. The van der Waals surface area contributed by atoms with Gasteiger partial charge in [-0.3, -0.25) is 0 Å². The number of rotatable bonds is 2. The first-order valence-corrected chi connectivity index (χ1v) is 7.71. The number of amides is 2. The number of halogens is 2. The molecule has 0 bridgehead atoms. The van der Waals surface area contributed by atoms with Crippen LogP contribution < -0.4 is 5.32 Å². The van der Waals surface area contributed by atoms with E-state index in [1.54, 1.807) is 12.1 Å². The number of nitrogens with one attached hydrogen (secondary N) is 1. The van der Waals surface area contributed by atoms with Gasteiger partial charge in [0.1, 0.15) is 0 Å². The average Bonchev–Trinajstić information content (AvgIpc) is 2.94. The maximum Gasteiger partial charge on any atom is 0.322 e. The van der Waals surface area contributed by atoms with E-state index in [1.807, 2.05) is 19.1 Å². The number of hydrogen-bond donors (Lipinski definition) is 2. The summed E-state index contributed by atoms with van der Waals surface area (Å²) < 4.78 is 26.6. The number of β-amino-alcohol motifs (C(OH)–C–C–N with tert-alkyl or cyclic N) is 1. The Hall–Kier alpha value is -2.47. The summed E-state index contributed by atoms with van der Waals surface area (Å²) in [4.78, 5) is 14.0. The van der Waals surface area contributed by atoms with Gasteiger partial charge in [-0.15, -0.1) is 0 Å². The highest BCUT2D eigenvalue weighted by Gasteiger charge is 2.35. The summed E-state index contributed by atoms with van der Waals surface area (Å²) in [6.07, 6.45) is -0.418. The molecule has 2 N–H and O–H groups in total. The SMILES string of the molecule is Cc1ccc(NC(=O)N2C[C@H](O)C[C@H]2c2ccc(F)c(F)c2)cc1. The highest BCUT2D eigenvalue weighted by Crippen LogP contribution is 2.33. The number of anilines is 1. The minimum atomic E-state index is -0.965. The van der Waals surface area contributed by atoms with Crippen molar-refractivity contribution in [1.29, 1.82) is 0 Å². The van der Waals surface area contributed by atoms with Crippen molar-refractivity contribution in [2.24, 2.45) is 0 Å². The van der Waals surface area contributed by atoms with Crippen LogP contribution in [0, 0.1) is 18.6 Å². The molecule has 1 heterocycles. The van der Waals surface area contributed by atoms with E-state index in [1.165, 1.54) is 11.0 Å². The summed E-state index contributed by atoms with van der Waals surface area (Å²) in [7, 11) is 0. The maximum atomic E-state index is 13.5. The molecule has 6 heteroatoms. The molecule has 2 aromatic carbocycles. The lowest BCUT2D eigenvalue weighted by Crippen LogP contribution is -2.35. The van der Waals surface area contributed by atoms with Crippen molar-refractivity contribution >= 4 is 11.7 Å². The van der Waals surface area contributed by atoms with E-state index in [4.69, 9.17) is 0 Å². The van der Waals surface area contributed by atoms with Crippen molar-refractivity contribution in [3.8, 4) is 0 Å². The molecule has 4 nitrogen and oxygen atoms in total. The van der Waals surface area contributed by atoms with E-state index in [9.17, 15) is 18.7 Å². The number of carbonyl (C=O) groups excluding carboxylic acids is 1. The Morgan fingerprint density at radius 2 is 1.88 bits per heavy atom. The summed E-state index contributed by atoms with van der Waals surface area (Å²) in [6, 6.07) is 9.98. The highest BCUT2D eigenvalue weighted by atomic mass is 19.2. The van der Waals surface area contributed by atoms with Crippen LogP contribution in [0.4, 0.5) is 19.3 Å². The molecule has 1 fully saturated rings. The van der Waals surface area contributed by atoms with Gasteiger partial charge in [0.15, 0.2) is 11.6 Å². The lowest BCUT2D eigenvalue weighted by atomic mass is 10.0. The minimum absolute atomic E-state index is 0.140. The first-order valence-electron chi connectivity index (χ1n) is 7.71. The van der Waals surface area contributed by atoms with Gasteiger partial charge in [-0.2, -0.15) is 0 Å². The fourth-order valence-corrected chi connectivity index (χ4v) is 2.91. The molecule has 0 radical (unpaired) electrons. The number of aliphatic hydroxyl groups excluding tert-OH is 1. The number of urea groups is 1. The van der Waals surface area contributed by atoms with Crippen LogP contribution in [0.2, 0.25) is 0 Å². The van der Waals surface area contributed by atoms with Crippen LogP contribution in [0.1, 0.15) is 23.6 Å². The van der Waals surface area contributed by atoms with Crippen LogP contribution in [0.15, 0.2) is 42.5 Å². The lowest BCUT2D eigenvalue weighted by molar-refractivity contribution is 0.175. The summed E-state index contributed by atoms with van der Waals surface area (Å²) in [6.45, 7) is 2.09. The molecule has 126 valence electrons. The van der Waals surface area contributed by atoms with Gasteiger partial charge in [0.2, 0.25) is 0 Å². The van der Waals surface area contributed by atoms with Crippen molar-refractivity contribution in [2.45, 2.75) is 25.5 Å². The molecule has 1 saturated heterocycles. The lowest BCUT2D eigenvalue weighted by Gasteiger charge is -2.25.